The molecule has 0 radical (unpaired) electrons. The van der Waals surface area contributed by atoms with Crippen molar-refractivity contribution in [2.24, 2.45) is 0 Å². The Labute approximate surface area is 124 Å². The van der Waals surface area contributed by atoms with Crippen LogP contribution in [0.2, 0.25) is 0 Å². The molecule has 0 saturated heterocycles. The van der Waals surface area contributed by atoms with Crippen molar-refractivity contribution < 1.29 is 13.2 Å². The van der Waals surface area contributed by atoms with E-state index in [0.717, 1.165) is 0 Å². The fourth-order valence-electron chi connectivity index (χ4n) is 2.87. The van der Waals surface area contributed by atoms with Gasteiger partial charge in [-0.05, 0) is 30.5 Å². The van der Waals surface area contributed by atoms with E-state index in [2.05, 4.69) is 0 Å². The van der Waals surface area contributed by atoms with Gasteiger partial charge in [-0.3, -0.25) is 4.79 Å². The Morgan fingerprint density at radius 2 is 1.57 bits per heavy atom. The first-order valence-corrected chi connectivity index (χ1v) is 8.56. The lowest BCUT2D eigenvalue weighted by atomic mass is 10.0. The number of carbonyl (C=O) groups is 1. The van der Waals surface area contributed by atoms with Gasteiger partial charge < -0.3 is 0 Å². The van der Waals surface area contributed by atoms with Crippen molar-refractivity contribution in [1.29, 1.82) is 0 Å². The van der Waals surface area contributed by atoms with Crippen molar-refractivity contribution in [2.75, 3.05) is 0 Å². The number of fused-ring (bicyclic) bond motifs is 1. The van der Waals surface area contributed by atoms with E-state index in [4.69, 9.17) is 0 Å². The average molecular weight is 300 g/mol. The molecule has 4 heteroatoms. The van der Waals surface area contributed by atoms with E-state index in [0.29, 0.717) is 35.3 Å². The highest BCUT2D eigenvalue weighted by atomic mass is 32.2. The summed E-state index contributed by atoms with van der Waals surface area (Å²) in [4.78, 5) is 12.4. The van der Waals surface area contributed by atoms with Crippen LogP contribution >= 0.6 is 0 Å². The van der Waals surface area contributed by atoms with Gasteiger partial charge in [-0.25, -0.2) is 8.42 Å². The van der Waals surface area contributed by atoms with E-state index in [-0.39, 0.29) is 5.78 Å². The zero-order valence-electron chi connectivity index (χ0n) is 11.5. The number of sulfone groups is 1. The molecule has 2 aromatic rings. The summed E-state index contributed by atoms with van der Waals surface area (Å²) in [6.07, 6.45) is 1.50. The zero-order chi connectivity index (χ0) is 14.9. The second-order valence-electron chi connectivity index (χ2n) is 5.25. The number of ketones is 1. The molecule has 0 aromatic heterocycles. The quantitative estimate of drug-likeness (QED) is 0.797. The molecule has 0 saturated carbocycles. The molecular formula is C17H16O3S. The molecule has 3 nitrogen and oxygen atoms in total. The second-order valence-corrected chi connectivity index (χ2v) is 7.38. The molecular weight excluding hydrogens is 284 g/mol. The van der Waals surface area contributed by atoms with Crippen molar-refractivity contribution in [3.8, 4) is 0 Å². The van der Waals surface area contributed by atoms with E-state index in [9.17, 15) is 13.2 Å². The lowest BCUT2D eigenvalue weighted by molar-refractivity contribution is 0.0982. The van der Waals surface area contributed by atoms with Gasteiger partial charge in [-0.15, -0.1) is 0 Å². The maximum atomic E-state index is 12.9. The summed E-state index contributed by atoms with van der Waals surface area (Å²) in [5.74, 6) is 0.0383. The Bertz CT molecular complexity index is 764. The highest BCUT2D eigenvalue weighted by Crippen LogP contribution is 2.37. The highest BCUT2D eigenvalue weighted by Gasteiger charge is 2.33. The van der Waals surface area contributed by atoms with Crippen LogP contribution in [0.15, 0.2) is 59.5 Å². The monoisotopic (exact) mass is 300 g/mol. The Balaban J connectivity index is 2.14. The fourth-order valence-corrected chi connectivity index (χ4v) is 4.75. The number of carbonyl (C=O) groups excluding carboxylic acids is 1. The second kappa shape index (κ2) is 5.45. The van der Waals surface area contributed by atoms with Crippen molar-refractivity contribution in [2.45, 2.75) is 29.4 Å². The first-order chi connectivity index (χ1) is 10.1. The predicted molar refractivity (Wildman–Crippen MR) is 81.0 cm³/mol. The summed E-state index contributed by atoms with van der Waals surface area (Å²) in [5, 5.41) is -0.637. The fraction of sp³-hybridized carbons (Fsp3) is 0.235. The molecule has 1 aliphatic carbocycles. The summed E-state index contributed by atoms with van der Waals surface area (Å²) in [5.41, 5.74) is 1.20. The van der Waals surface area contributed by atoms with Crippen LogP contribution in [0.1, 0.15) is 40.4 Å². The molecule has 1 aliphatic rings. The van der Waals surface area contributed by atoms with E-state index in [1.807, 2.05) is 0 Å². The van der Waals surface area contributed by atoms with Crippen LogP contribution in [0, 0.1) is 0 Å². The minimum Gasteiger partial charge on any atom is -0.294 e. The molecule has 0 fully saturated rings. The van der Waals surface area contributed by atoms with Crippen LogP contribution in [-0.4, -0.2) is 14.2 Å². The molecule has 108 valence electrons. The normalized spacial score (nSPS) is 18.9. The molecule has 1 unspecified atom stereocenters. The van der Waals surface area contributed by atoms with Gasteiger partial charge >= 0.3 is 0 Å². The molecule has 1 atom stereocenters. The van der Waals surface area contributed by atoms with E-state index < -0.39 is 15.1 Å². The lowest BCUT2D eigenvalue weighted by Crippen LogP contribution is -2.14. The molecule has 0 bridgehead atoms. The van der Waals surface area contributed by atoms with E-state index >= 15 is 0 Å². The Hall–Kier alpha value is -1.94. The van der Waals surface area contributed by atoms with Gasteiger partial charge in [0.1, 0.15) is 0 Å². The third-order valence-electron chi connectivity index (χ3n) is 3.92. The van der Waals surface area contributed by atoms with Crippen LogP contribution < -0.4 is 0 Å². The third-order valence-corrected chi connectivity index (χ3v) is 6.09. The van der Waals surface area contributed by atoms with Crippen molar-refractivity contribution in [3.05, 3.63) is 65.7 Å². The molecule has 3 rings (SSSR count). The number of rotatable bonds is 2. The number of Topliss-reactive ketones (excluding diaryl/α,β-unsaturated/α-hetero) is 1. The maximum Gasteiger partial charge on any atom is 0.185 e. The number of benzene rings is 2. The first kappa shape index (κ1) is 14.0. The summed E-state index contributed by atoms with van der Waals surface area (Å²) in [6.45, 7) is 0. The van der Waals surface area contributed by atoms with Gasteiger partial charge in [0.05, 0.1) is 10.1 Å². The Kier molecular flexibility index (Phi) is 3.64. The van der Waals surface area contributed by atoms with Crippen LogP contribution in [-0.2, 0) is 9.84 Å². The Morgan fingerprint density at radius 1 is 0.905 bits per heavy atom. The Morgan fingerprint density at radius 3 is 2.33 bits per heavy atom. The van der Waals surface area contributed by atoms with Crippen molar-refractivity contribution in [1.82, 2.24) is 0 Å². The molecule has 0 amide bonds. The number of hydrogen-bond donors (Lipinski definition) is 0. The van der Waals surface area contributed by atoms with Crippen molar-refractivity contribution in [3.63, 3.8) is 0 Å². The summed E-state index contributed by atoms with van der Waals surface area (Å²) in [6, 6.07) is 15.6. The van der Waals surface area contributed by atoms with Gasteiger partial charge in [0, 0.05) is 12.0 Å². The van der Waals surface area contributed by atoms with Gasteiger partial charge in [0.2, 0.25) is 0 Å². The third kappa shape index (κ3) is 2.51. The molecule has 0 heterocycles. The largest absolute Gasteiger partial charge is 0.294 e. The standard InChI is InChI=1S/C17H16O3S/c18-16-11-6-12-17(15-10-5-4-9-14(15)16)21(19,20)13-7-2-1-3-8-13/h1-5,7-10,17H,6,11-12H2. The van der Waals surface area contributed by atoms with Crippen molar-refractivity contribution >= 4 is 15.6 Å². The topological polar surface area (TPSA) is 51.2 Å². The molecule has 0 N–H and O–H groups in total. The van der Waals surface area contributed by atoms with Crippen LogP contribution in [0.5, 0.6) is 0 Å². The van der Waals surface area contributed by atoms with Gasteiger partial charge in [0.15, 0.2) is 15.6 Å². The SMILES string of the molecule is O=C1CCCC(S(=O)(=O)c2ccccc2)c2ccccc21. The van der Waals surface area contributed by atoms with Gasteiger partial charge in [0.25, 0.3) is 0 Å². The summed E-state index contributed by atoms with van der Waals surface area (Å²) >= 11 is 0. The lowest BCUT2D eigenvalue weighted by Gasteiger charge is -2.18. The van der Waals surface area contributed by atoms with Gasteiger partial charge in [-0.2, -0.15) is 0 Å². The highest BCUT2D eigenvalue weighted by molar-refractivity contribution is 7.91. The average Bonchev–Trinajstić information content (AvgIpc) is 2.68. The molecule has 21 heavy (non-hydrogen) atoms. The van der Waals surface area contributed by atoms with E-state index in [1.165, 1.54) is 0 Å². The molecule has 0 spiro atoms. The molecule has 2 aromatic carbocycles. The maximum absolute atomic E-state index is 12.9. The predicted octanol–water partition coefficient (Wildman–Crippen LogP) is 3.57. The zero-order valence-corrected chi connectivity index (χ0v) is 12.3. The van der Waals surface area contributed by atoms with Gasteiger partial charge in [-0.1, -0.05) is 42.5 Å². The van der Waals surface area contributed by atoms with Crippen LogP contribution in [0.25, 0.3) is 0 Å². The molecule has 0 aliphatic heterocycles. The minimum absolute atomic E-state index is 0.0383. The summed E-state index contributed by atoms with van der Waals surface area (Å²) in [7, 11) is -3.47. The first-order valence-electron chi connectivity index (χ1n) is 7.02. The minimum atomic E-state index is -3.47. The smallest absolute Gasteiger partial charge is 0.185 e. The number of hydrogen-bond acceptors (Lipinski definition) is 3. The van der Waals surface area contributed by atoms with Crippen LogP contribution in [0.4, 0.5) is 0 Å². The summed E-state index contributed by atoms with van der Waals surface area (Å²) < 4.78 is 25.8. The van der Waals surface area contributed by atoms with E-state index in [1.54, 1.807) is 54.6 Å². The van der Waals surface area contributed by atoms with Crippen LogP contribution in [0.3, 0.4) is 0 Å².